The topological polar surface area (TPSA) is 49.6 Å². The predicted molar refractivity (Wildman–Crippen MR) is 65.6 cm³/mol. The lowest BCUT2D eigenvalue weighted by atomic mass is 10.0. The van der Waals surface area contributed by atoms with Crippen LogP contribution in [0.3, 0.4) is 0 Å². The number of nitrogens with zero attached hydrogens (tertiary/aromatic N) is 2. The molecule has 0 fully saturated rings. The van der Waals surface area contributed by atoms with Gasteiger partial charge in [-0.1, -0.05) is 0 Å². The van der Waals surface area contributed by atoms with Gasteiger partial charge in [-0.15, -0.1) is 0 Å². The van der Waals surface area contributed by atoms with E-state index in [1.54, 1.807) is 19.0 Å². The Kier molecular flexibility index (Phi) is 2.73. The van der Waals surface area contributed by atoms with E-state index in [4.69, 9.17) is 5.73 Å². The molecule has 2 amide bonds. The third-order valence-corrected chi connectivity index (χ3v) is 2.84. The minimum Gasteiger partial charge on any atom is -0.399 e. The Morgan fingerprint density at radius 1 is 1.44 bits per heavy atom. The molecule has 86 valence electrons. The summed E-state index contributed by atoms with van der Waals surface area (Å²) >= 11 is 0. The fourth-order valence-electron chi connectivity index (χ4n) is 2.06. The van der Waals surface area contributed by atoms with Crippen LogP contribution >= 0.6 is 0 Å². The van der Waals surface area contributed by atoms with Gasteiger partial charge in [-0.2, -0.15) is 0 Å². The van der Waals surface area contributed by atoms with E-state index in [0.29, 0.717) is 0 Å². The Bertz CT molecular complexity index is 415. The average Bonchev–Trinajstić information content (AvgIpc) is 2.26. The number of anilines is 2. The van der Waals surface area contributed by atoms with Gasteiger partial charge in [0.15, 0.2) is 0 Å². The summed E-state index contributed by atoms with van der Waals surface area (Å²) in [6.45, 7) is 0.786. The number of carbonyl (C=O) groups excluding carboxylic acids is 1. The fraction of sp³-hybridized carbons (Fsp3) is 0.417. The summed E-state index contributed by atoms with van der Waals surface area (Å²) in [5, 5.41) is 0. The van der Waals surface area contributed by atoms with Crippen molar-refractivity contribution in [3.05, 3.63) is 23.8 Å². The van der Waals surface area contributed by atoms with Gasteiger partial charge in [-0.3, -0.25) is 4.90 Å². The van der Waals surface area contributed by atoms with E-state index < -0.39 is 0 Å². The average molecular weight is 219 g/mol. The van der Waals surface area contributed by atoms with Crippen molar-refractivity contribution in [2.75, 3.05) is 31.3 Å². The van der Waals surface area contributed by atoms with Crippen molar-refractivity contribution in [2.24, 2.45) is 0 Å². The summed E-state index contributed by atoms with van der Waals surface area (Å²) in [4.78, 5) is 15.4. The molecule has 4 heteroatoms. The molecule has 0 atom stereocenters. The number of rotatable bonds is 0. The number of amides is 2. The summed E-state index contributed by atoms with van der Waals surface area (Å²) in [6.07, 6.45) is 1.99. The number of nitrogen functional groups attached to an aromatic ring is 1. The second-order valence-corrected chi connectivity index (χ2v) is 4.32. The van der Waals surface area contributed by atoms with E-state index >= 15 is 0 Å². The zero-order valence-corrected chi connectivity index (χ0v) is 9.73. The third-order valence-electron chi connectivity index (χ3n) is 2.84. The van der Waals surface area contributed by atoms with Gasteiger partial charge in [-0.25, -0.2) is 4.79 Å². The molecule has 16 heavy (non-hydrogen) atoms. The molecule has 2 N–H and O–H groups in total. The summed E-state index contributed by atoms with van der Waals surface area (Å²) in [5.41, 5.74) is 8.68. The highest BCUT2D eigenvalue weighted by atomic mass is 16.2. The molecule has 2 rings (SSSR count). The molecule has 0 radical (unpaired) electrons. The number of hydrogen-bond donors (Lipinski definition) is 1. The van der Waals surface area contributed by atoms with Gasteiger partial charge >= 0.3 is 6.03 Å². The molecule has 0 aromatic heterocycles. The number of urea groups is 1. The van der Waals surface area contributed by atoms with Crippen molar-refractivity contribution in [3.63, 3.8) is 0 Å². The second kappa shape index (κ2) is 4.04. The van der Waals surface area contributed by atoms with Crippen LogP contribution in [-0.2, 0) is 6.42 Å². The minimum absolute atomic E-state index is 0.0331. The molecule has 0 bridgehead atoms. The molecular formula is C12H17N3O. The monoisotopic (exact) mass is 219 g/mol. The van der Waals surface area contributed by atoms with Crippen molar-refractivity contribution >= 4 is 17.4 Å². The van der Waals surface area contributed by atoms with Gasteiger partial charge in [0.05, 0.1) is 0 Å². The minimum atomic E-state index is 0.0331. The number of benzene rings is 1. The molecule has 0 unspecified atom stereocenters. The van der Waals surface area contributed by atoms with Crippen LogP contribution in [0.15, 0.2) is 18.2 Å². The van der Waals surface area contributed by atoms with Gasteiger partial charge < -0.3 is 10.6 Å². The first-order valence-corrected chi connectivity index (χ1v) is 5.47. The SMILES string of the molecule is CN(C)C(=O)N1CCCc2cc(N)ccc21. The lowest BCUT2D eigenvalue weighted by Gasteiger charge is -2.31. The van der Waals surface area contributed by atoms with Crippen LogP contribution in [0.5, 0.6) is 0 Å². The molecule has 1 aromatic carbocycles. The molecule has 1 heterocycles. The number of nitrogens with two attached hydrogens (primary N) is 1. The van der Waals surface area contributed by atoms with E-state index in [2.05, 4.69) is 0 Å². The van der Waals surface area contributed by atoms with E-state index in [1.165, 1.54) is 5.56 Å². The van der Waals surface area contributed by atoms with Crippen LogP contribution < -0.4 is 10.6 Å². The lowest BCUT2D eigenvalue weighted by Crippen LogP contribution is -2.42. The zero-order chi connectivity index (χ0) is 11.7. The normalized spacial score (nSPS) is 14.5. The highest BCUT2D eigenvalue weighted by Crippen LogP contribution is 2.29. The molecule has 0 spiro atoms. The highest BCUT2D eigenvalue weighted by Gasteiger charge is 2.23. The van der Waals surface area contributed by atoms with Gasteiger partial charge in [0.1, 0.15) is 0 Å². The van der Waals surface area contributed by atoms with Crippen LogP contribution in [0.2, 0.25) is 0 Å². The van der Waals surface area contributed by atoms with Crippen LogP contribution in [-0.4, -0.2) is 31.6 Å². The molecule has 1 aromatic rings. The highest BCUT2D eigenvalue weighted by molar-refractivity contribution is 5.93. The van der Waals surface area contributed by atoms with Crippen molar-refractivity contribution in [1.82, 2.24) is 4.90 Å². The Morgan fingerprint density at radius 3 is 2.88 bits per heavy atom. The summed E-state index contributed by atoms with van der Waals surface area (Å²) in [7, 11) is 3.54. The van der Waals surface area contributed by atoms with Crippen LogP contribution in [0.4, 0.5) is 16.2 Å². The van der Waals surface area contributed by atoms with Crippen LogP contribution in [0.1, 0.15) is 12.0 Å². The summed E-state index contributed by atoms with van der Waals surface area (Å²) < 4.78 is 0. The van der Waals surface area contributed by atoms with Gasteiger partial charge in [0.25, 0.3) is 0 Å². The first-order valence-electron chi connectivity index (χ1n) is 5.47. The maximum absolute atomic E-state index is 12.0. The number of aryl methyl sites for hydroxylation is 1. The van der Waals surface area contributed by atoms with Crippen molar-refractivity contribution in [2.45, 2.75) is 12.8 Å². The van der Waals surface area contributed by atoms with Crippen molar-refractivity contribution in [1.29, 1.82) is 0 Å². The molecule has 1 aliphatic rings. The third kappa shape index (κ3) is 1.83. The fourth-order valence-corrected chi connectivity index (χ4v) is 2.06. The Morgan fingerprint density at radius 2 is 2.19 bits per heavy atom. The Labute approximate surface area is 95.6 Å². The molecule has 0 saturated carbocycles. The van der Waals surface area contributed by atoms with Crippen molar-refractivity contribution in [3.8, 4) is 0 Å². The lowest BCUT2D eigenvalue weighted by molar-refractivity contribution is 0.223. The van der Waals surface area contributed by atoms with Gasteiger partial charge in [0, 0.05) is 32.0 Å². The molecular weight excluding hydrogens is 202 g/mol. The van der Waals surface area contributed by atoms with Gasteiger partial charge in [0.2, 0.25) is 0 Å². The maximum atomic E-state index is 12.0. The van der Waals surface area contributed by atoms with Gasteiger partial charge in [-0.05, 0) is 36.6 Å². The van der Waals surface area contributed by atoms with E-state index in [9.17, 15) is 4.79 Å². The van der Waals surface area contributed by atoms with Crippen LogP contribution in [0, 0.1) is 0 Å². The van der Waals surface area contributed by atoms with E-state index in [1.807, 2.05) is 23.1 Å². The van der Waals surface area contributed by atoms with E-state index in [0.717, 1.165) is 30.8 Å². The quantitative estimate of drug-likeness (QED) is 0.675. The summed E-state index contributed by atoms with van der Waals surface area (Å²) in [6, 6.07) is 5.78. The number of carbonyl (C=O) groups is 1. The Hall–Kier alpha value is -1.71. The maximum Gasteiger partial charge on any atom is 0.323 e. The first-order chi connectivity index (χ1) is 7.59. The van der Waals surface area contributed by atoms with Crippen LogP contribution in [0.25, 0.3) is 0 Å². The molecule has 0 aliphatic carbocycles. The summed E-state index contributed by atoms with van der Waals surface area (Å²) in [5.74, 6) is 0. The number of hydrogen-bond acceptors (Lipinski definition) is 2. The molecule has 0 saturated heterocycles. The molecule has 1 aliphatic heterocycles. The first kappa shape index (κ1) is 10.8. The largest absolute Gasteiger partial charge is 0.399 e. The standard InChI is InChI=1S/C12H17N3O/c1-14(2)12(16)15-7-3-4-9-8-10(13)5-6-11(9)15/h5-6,8H,3-4,7,13H2,1-2H3. The number of fused-ring (bicyclic) bond motifs is 1. The smallest absolute Gasteiger partial charge is 0.323 e. The molecule has 4 nitrogen and oxygen atoms in total. The van der Waals surface area contributed by atoms with E-state index in [-0.39, 0.29) is 6.03 Å². The Balaban J connectivity index is 2.37. The second-order valence-electron chi connectivity index (χ2n) is 4.32. The predicted octanol–water partition coefficient (Wildman–Crippen LogP) is 1.70. The zero-order valence-electron chi connectivity index (χ0n) is 9.73. The van der Waals surface area contributed by atoms with Crippen molar-refractivity contribution < 1.29 is 4.79 Å².